The first-order chi connectivity index (χ1) is 14.7. The standard InChI is InChI=1S/C25H27FN2O3/c1-24(2,3)31-23(29)28-12-10-25(11-13-28)9-8-19-14-17(6-7-22(19)30-25)18-4-5-20(16-27)21(26)15-18/h4-7,14-15H,8-13H2,1-3H3. The molecule has 0 saturated carbocycles. The Morgan fingerprint density at radius 2 is 1.81 bits per heavy atom. The molecule has 5 nitrogen and oxygen atoms in total. The summed E-state index contributed by atoms with van der Waals surface area (Å²) in [5, 5.41) is 8.92. The van der Waals surface area contributed by atoms with E-state index in [1.54, 1.807) is 11.0 Å². The number of nitrogens with zero attached hydrogens (tertiary/aromatic N) is 2. The van der Waals surface area contributed by atoms with E-state index in [-0.39, 0.29) is 17.3 Å². The van der Waals surface area contributed by atoms with Crippen LogP contribution in [-0.2, 0) is 11.2 Å². The summed E-state index contributed by atoms with van der Waals surface area (Å²) in [6, 6.07) is 12.4. The molecule has 1 fully saturated rings. The van der Waals surface area contributed by atoms with Crippen LogP contribution in [0.3, 0.4) is 0 Å². The lowest BCUT2D eigenvalue weighted by Crippen LogP contribution is -2.52. The van der Waals surface area contributed by atoms with Gasteiger partial charge in [-0.05, 0) is 74.6 Å². The minimum Gasteiger partial charge on any atom is -0.487 e. The van der Waals surface area contributed by atoms with Crippen LogP contribution in [0.4, 0.5) is 9.18 Å². The molecule has 0 bridgehead atoms. The molecule has 0 atom stereocenters. The van der Waals surface area contributed by atoms with Gasteiger partial charge in [0.05, 0.1) is 5.56 Å². The van der Waals surface area contributed by atoms with E-state index in [0.717, 1.165) is 48.1 Å². The largest absolute Gasteiger partial charge is 0.487 e. The first-order valence-electron chi connectivity index (χ1n) is 10.7. The predicted octanol–water partition coefficient (Wildman–Crippen LogP) is 5.46. The molecule has 0 unspecified atom stereocenters. The number of amides is 1. The van der Waals surface area contributed by atoms with Crippen LogP contribution in [0.2, 0.25) is 0 Å². The fourth-order valence-corrected chi connectivity index (χ4v) is 4.26. The van der Waals surface area contributed by atoms with Gasteiger partial charge in [0.2, 0.25) is 0 Å². The van der Waals surface area contributed by atoms with E-state index in [0.29, 0.717) is 13.1 Å². The van der Waals surface area contributed by atoms with Crippen LogP contribution in [0.1, 0.15) is 51.2 Å². The Labute approximate surface area is 182 Å². The topological polar surface area (TPSA) is 62.6 Å². The van der Waals surface area contributed by atoms with E-state index in [9.17, 15) is 9.18 Å². The predicted molar refractivity (Wildman–Crippen MR) is 115 cm³/mol. The first-order valence-corrected chi connectivity index (χ1v) is 10.7. The van der Waals surface area contributed by atoms with Gasteiger partial charge in [0, 0.05) is 25.9 Å². The van der Waals surface area contributed by atoms with Crippen molar-refractivity contribution >= 4 is 6.09 Å². The minimum absolute atomic E-state index is 0.0460. The summed E-state index contributed by atoms with van der Waals surface area (Å²) in [5.41, 5.74) is 2.04. The summed E-state index contributed by atoms with van der Waals surface area (Å²) in [7, 11) is 0. The van der Waals surface area contributed by atoms with Crippen molar-refractivity contribution in [2.45, 2.75) is 57.7 Å². The SMILES string of the molecule is CC(C)(C)OC(=O)N1CCC2(CCc3cc(-c4ccc(C#N)c(F)c4)ccc3O2)CC1. The number of fused-ring (bicyclic) bond motifs is 1. The molecule has 1 saturated heterocycles. The average Bonchev–Trinajstić information content (AvgIpc) is 2.72. The molecule has 6 heteroatoms. The normalized spacial score (nSPS) is 17.5. The molecule has 4 rings (SSSR count). The number of carbonyl (C=O) groups excluding carboxylic acids is 1. The van der Waals surface area contributed by atoms with Gasteiger partial charge < -0.3 is 14.4 Å². The quantitative estimate of drug-likeness (QED) is 0.612. The van der Waals surface area contributed by atoms with E-state index in [1.807, 2.05) is 45.0 Å². The van der Waals surface area contributed by atoms with Crippen LogP contribution in [0.15, 0.2) is 36.4 Å². The maximum absolute atomic E-state index is 14.0. The van der Waals surface area contributed by atoms with Crippen LogP contribution in [0, 0.1) is 17.1 Å². The molecule has 2 aliphatic rings. The highest BCUT2D eigenvalue weighted by Crippen LogP contribution is 2.41. The molecule has 1 amide bonds. The molecule has 1 spiro atoms. The molecule has 2 aromatic carbocycles. The van der Waals surface area contributed by atoms with Crippen molar-refractivity contribution in [3.05, 3.63) is 53.3 Å². The monoisotopic (exact) mass is 422 g/mol. The third kappa shape index (κ3) is 4.51. The molecular weight excluding hydrogens is 395 g/mol. The van der Waals surface area contributed by atoms with Crippen molar-refractivity contribution in [2.75, 3.05) is 13.1 Å². The smallest absolute Gasteiger partial charge is 0.410 e. The van der Waals surface area contributed by atoms with E-state index >= 15 is 0 Å². The summed E-state index contributed by atoms with van der Waals surface area (Å²) < 4.78 is 25.9. The number of piperidine rings is 1. The highest BCUT2D eigenvalue weighted by Gasteiger charge is 2.41. The fraction of sp³-hybridized carbons (Fsp3) is 0.440. The second kappa shape index (κ2) is 7.88. The first kappa shape index (κ1) is 21.2. The zero-order valence-corrected chi connectivity index (χ0v) is 18.2. The number of hydrogen-bond acceptors (Lipinski definition) is 4. The Hall–Kier alpha value is -3.07. The minimum atomic E-state index is -0.510. The Morgan fingerprint density at radius 1 is 1.13 bits per heavy atom. The summed E-state index contributed by atoms with van der Waals surface area (Å²) in [6.45, 7) is 6.85. The van der Waals surface area contributed by atoms with E-state index in [2.05, 4.69) is 0 Å². The van der Waals surface area contributed by atoms with E-state index < -0.39 is 11.4 Å². The number of aryl methyl sites for hydroxylation is 1. The van der Waals surface area contributed by atoms with Gasteiger partial charge in [0.1, 0.15) is 28.8 Å². The maximum atomic E-state index is 14.0. The Morgan fingerprint density at radius 3 is 2.45 bits per heavy atom. The van der Waals surface area contributed by atoms with Gasteiger partial charge in [-0.2, -0.15) is 5.26 Å². The number of halogens is 1. The van der Waals surface area contributed by atoms with Gasteiger partial charge in [-0.3, -0.25) is 0 Å². The van der Waals surface area contributed by atoms with Crippen molar-refractivity contribution in [2.24, 2.45) is 0 Å². The second-order valence-corrected chi connectivity index (χ2v) is 9.38. The molecule has 2 aliphatic heterocycles. The van der Waals surface area contributed by atoms with Crippen LogP contribution < -0.4 is 4.74 Å². The Kier molecular flexibility index (Phi) is 5.38. The lowest BCUT2D eigenvalue weighted by molar-refractivity contribution is -0.0272. The second-order valence-electron chi connectivity index (χ2n) is 9.38. The third-order valence-electron chi connectivity index (χ3n) is 5.99. The van der Waals surface area contributed by atoms with Crippen LogP contribution in [0.5, 0.6) is 5.75 Å². The lowest BCUT2D eigenvalue weighted by atomic mass is 9.82. The molecule has 2 heterocycles. The summed E-state index contributed by atoms with van der Waals surface area (Å²) in [4.78, 5) is 14.1. The zero-order chi connectivity index (χ0) is 22.2. The van der Waals surface area contributed by atoms with Gasteiger partial charge in [-0.1, -0.05) is 12.1 Å². The number of benzene rings is 2. The number of nitriles is 1. The van der Waals surface area contributed by atoms with Crippen molar-refractivity contribution in [3.63, 3.8) is 0 Å². The van der Waals surface area contributed by atoms with Crippen molar-refractivity contribution in [1.29, 1.82) is 5.26 Å². The summed E-state index contributed by atoms with van der Waals surface area (Å²) >= 11 is 0. The van der Waals surface area contributed by atoms with Gasteiger partial charge in [-0.15, -0.1) is 0 Å². The van der Waals surface area contributed by atoms with Crippen LogP contribution in [-0.4, -0.2) is 35.3 Å². The maximum Gasteiger partial charge on any atom is 0.410 e. The van der Waals surface area contributed by atoms with Gasteiger partial charge in [-0.25, -0.2) is 9.18 Å². The molecule has 0 aromatic heterocycles. The number of likely N-dealkylation sites (tertiary alicyclic amines) is 1. The van der Waals surface area contributed by atoms with E-state index in [1.165, 1.54) is 12.1 Å². The molecule has 2 aromatic rings. The average molecular weight is 423 g/mol. The summed E-state index contributed by atoms with van der Waals surface area (Å²) in [5.74, 6) is 0.347. The number of carbonyl (C=O) groups is 1. The Balaban J connectivity index is 1.45. The van der Waals surface area contributed by atoms with Gasteiger partial charge in [0.15, 0.2) is 0 Å². The molecule has 31 heavy (non-hydrogen) atoms. The molecular formula is C25H27FN2O3. The number of ether oxygens (including phenoxy) is 2. The zero-order valence-electron chi connectivity index (χ0n) is 18.2. The molecule has 162 valence electrons. The van der Waals surface area contributed by atoms with Gasteiger partial charge in [0.25, 0.3) is 0 Å². The summed E-state index contributed by atoms with van der Waals surface area (Å²) in [6.07, 6.45) is 3.03. The number of rotatable bonds is 1. The Bertz CT molecular complexity index is 1040. The molecule has 0 N–H and O–H groups in total. The highest BCUT2D eigenvalue weighted by atomic mass is 19.1. The third-order valence-corrected chi connectivity index (χ3v) is 5.99. The molecule has 0 radical (unpaired) electrons. The van der Waals surface area contributed by atoms with Gasteiger partial charge >= 0.3 is 6.09 Å². The number of hydrogen-bond donors (Lipinski definition) is 0. The van der Waals surface area contributed by atoms with Crippen molar-refractivity contribution in [1.82, 2.24) is 4.90 Å². The highest BCUT2D eigenvalue weighted by molar-refractivity contribution is 5.68. The lowest BCUT2D eigenvalue weighted by Gasteiger charge is -2.44. The fourth-order valence-electron chi connectivity index (χ4n) is 4.26. The van der Waals surface area contributed by atoms with E-state index in [4.69, 9.17) is 14.7 Å². The van der Waals surface area contributed by atoms with Crippen molar-refractivity contribution in [3.8, 4) is 22.9 Å². The molecule has 0 aliphatic carbocycles. The van der Waals surface area contributed by atoms with Crippen molar-refractivity contribution < 1.29 is 18.7 Å². The van der Waals surface area contributed by atoms with Crippen LogP contribution in [0.25, 0.3) is 11.1 Å². The van der Waals surface area contributed by atoms with Crippen LogP contribution >= 0.6 is 0 Å².